The van der Waals surface area contributed by atoms with Crippen LogP contribution < -0.4 is 0 Å². The molecule has 0 amide bonds. The Labute approximate surface area is 122 Å². The van der Waals surface area contributed by atoms with E-state index < -0.39 is 0 Å². The van der Waals surface area contributed by atoms with Gasteiger partial charge in [-0.3, -0.25) is 4.68 Å². The van der Waals surface area contributed by atoms with E-state index >= 15 is 0 Å². The van der Waals surface area contributed by atoms with Crippen LogP contribution >= 0.6 is 0 Å². The normalized spacial score (nSPS) is 11.3. The topological polar surface area (TPSA) is 30.7 Å². The summed E-state index contributed by atoms with van der Waals surface area (Å²) < 4.78 is 1.86. The average molecular weight is 273 g/mol. The second-order valence-corrected chi connectivity index (χ2v) is 5.15. The van der Waals surface area contributed by atoms with Crippen molar-refractivity contribution in [2.24, 2.45) is 0 Å². The highest BCUT2D eigenvalue weighted by Crippen LogP contribution is 2.33. The van der Waals surface area contributed by atoms with Crippen LogP contribution in [0.4, 0.5) is 0 Å². The van der Waals surface area contributed by atoms with E-state index in [1.807, 2.05) is 10.9 Å². The summed E-state index contributed by atoms with van der Waals surface area (Å²) in [6.07, 6.45) is 2.01. The molecule has 102 valence electrons. The number of hydrogen-bond donors (Lipinski definition) is 0. The third-order valence-corrected chi connectivity index (χ3v) is 3.91. The molecule has 1 aromatic heterocycles. The Kier molecular flexibility index (Phi) is 2.71. The van der Waals surface area contributed by atoms with E-state index in [1.54, 1.807) is 0 Å². The minimum Gasteiger partial charge on any atom is -0.252 e. The molecule has 0 radical (unpaired) electrons. The Morgan fingerprint density at radius 1 is 0.905 bits per heavy atom. The number of aryl methyl sites for hydroxylation is 1. The van der Waals surface area contributed by atoms with Crippen molar-refractivity contribution in [3.8, 4) is 11.3 Å². The largest absolute Gasteiger partial charge is 0.252 e. The van der Waals surface area contributed by atoms with Crippen molar-refractivity contribution < 1.29 is 0 Å². The van der Waals surface area contributed by atoms with E-state index in [-0.39, 0.29) is 0 Å². The molecule has 0 bridgehead atoms. The smallest absolute Gasteiger partial charge is 0.113 e. The first-order valence-corrected chi connectivity index (χ1v) is 7.18. The van der Waals surface area contributed by atoms with E-state index in [4.69, 9.17) is 0 Å². The summed E-state index contributed by atoms with van der Waals surface area (Å²) >= 11 is 0. The van der Waals surface area contributed by atoms with Crippen LogP contribution in [0.15, 0.2) is 60.8 Å². The molecule has 0 aliphatic carbocycles. The molecule has 1 heterocycles. The molecule has 0 saturated carbocycles. The summed E-state index contributed by atoms with van der Waals surface area (Å²) in [4.78, 5) is 0. The van der Waals surface area contributed by atoms with Crippen LogP contribution in [0.1, 0.15) is 6.92 Å². The lowest BCUT2D eigenvalue weighted by molar-refractivity contribution is 0.627. The molecule has 0 fully saturated rings. The van der Waals surface area contributed by atoms with Crippen molar-refractivity contribution in [2.45, 2.75) is 13.5 Å². The van der Waals surface area contributed by atoms with Crippen LogP contribution in [0.3, 0.4) is 0 Å². The predicted molar refractivity (Wildman–Crippen MR) is 86.1 cm³/mol. The van der Waals surface area contributed by atoms with Gasteiger partial charge in [-0.2, -0.15) is 0 Å². The summed E-state index contributed by atoms with van der Waals surface area (Å²) in [6, 6.07) is 19.2. The molecule has 4 rings (SSSR count). The third-order valence-electron chi connectivity index (χ3n) is 3.91. The maximum Gasteiger partial charge on any atom is 0.113 e. The standard InChI is InChI=1S/C18H15N3/c1-2-21-12-18(19-20-21)17-11-13-7-3-4-8-14(13)15-9-5-6-10-16(15)17/h3-12H,2H2,1H3. The molecule has 0 aliphatic heterocycles. The number of rotatable bonds is 2. The average Bonchev–Trinajstić information content (AvgIpc) is 3.03. The van der Waals surface area contributed by atoms with Crippen molar-refractivity contribution in [1.82, 2.24) is 15.0 Å². The number of nitrogens with zero attached hydrogens (tertiary/aromatic N) is 3. The first-order valence-electron chi connectivity index (χ1n) is 7.18. The van der Waals surface area contributed by atoms with E-state index in [0.717, 1.165) is 17.8 Å². The summed E-state index contributed by atoms with van der Waals surface area (Å²) in [5.41, 5.74) is 2.07. The second kappa shape index (κ2) is 4.70. The van der Waals surface area contributed by atoms with Crippen LogP contribution in [-0.4, -0.2) is 15.0 Å². The van der Waals surface area contributed by atoms with Crippen LogP contribution in [-0.2, 0) is 6.54 Å². The van der Waals surface area contributed by atoms with E-state index in [2.05, 4.69) is 71.8 Å². The Morgan fingerprint density at radius 3 is 2.38 bits per heavy atom. The molecular weight excluding hydrogens is 258 g/mol. The Bertz CT molecular complexity index is 937. The van der Waals surface area contributed by atoms with Gasteiger partial charge in [0, 0.05) is 12.1 Å². The van der Waals surface area contributed by atoms with Gasteiger partial charge in [-0.25, -0.2) is 0 Å². The van der Waals surface area contributed by atoms with Gasteiger partial charge in [-0.1, -0.05) is 53.7 Å². The first kappa shape index (κ1) is 12.1. The lowest BCUT2D eigenvalue weighted by Crippen LogP contribution is -1.93. The molecule has 0 N–H and O–H groups in total. The lowest BCUT2D eigenvalue weighted by Gasteiger charge is -2.08. The quantitative estimate of drug-likeness (QED) is 0.511. The summed E-state index contributed by atoms with van der Waals surface area (Å²) in [6.45, 7) is 2.90. The van der Waals surface area contributed by atoms with Crippen LogP contribution in [0.25, 0.3) is 32.8 Å². The van der Waals surface area contributed by atoms with Crippen molar-refractivity contribution in [1.29, 1.82) is 0 Å². The maximum absolute atomic E-state index is 4.33. The summed E-state index contributed by atoms with van der Waals surface area (Å²) in [5, 5.41) is 13.5. The Morgan fingerprint density at radius 2 is 1.62 bits per heavy atom. The Hall–Kier alpha value is -2.68. The molecule has 4 aromatic rings. The molecule has 0 unspecified atom stereocenters. The van der Waals surface area contributed by atoms with Gasteiger partial charge in [0.15, 0.2) is 0 Å². The van der Waals surface area contributed by atoms with Crippen LogP contribution in [0.2, 0.25) is 0 Å². The van der Waals surface area contributed by atoms with Gasteiger partial charge in [0.05, 0.1) is 6.20 Å². The predicted octanol–water partition coefficient (Wildman–Crippen LogP) is 4.27. The molecule has 0 spiro atoms. The van der Waals surface area contributed by atoms with Crippen molar-refractivity contribution in [3.63, 3.8) is 0 Å². The highest BCUT2D eigenvalue weighted by Gasteiger charge is 2.10. The molecule has 3 aromatic carbocycles. The van der Waals surface area contributed by atoms with Gasteiger partial charge in [-0.15, -0.1) is 5.10 Å². The number of fused-ring (bicyclic) bond motifs is 3. The van der Waals surface area contributed by atoms with Gasteiger partial charge < -0.3 is 0 Å². The van der Waals surface area contributed by atoms with Crippen molar-refractivity contribution >= 4 is 21.5 Å². The summed E-state index contributed by atoms with van der Waals surface area (Å²) in [5.74, 6) is 0. The second-order valence-electron chi connectivity index (χ2n) is 5.15. The van der Waals surface area contributed by atoms with Gasteiger partial charge >= 0.3 is 0 Å². The SMILES string of the molecule is CCn1cc(-c2cc3ccccc3c3ccccc23)nn1. The fraction of sp³-hybridized carbons (Fsp3) is 0.111. The molecule has 3 nitrogen and oxygen atoms in total. The number of benzene rings is 3. The minimum atomic E-state index is 0.832. The highest BCUT2D eigenvalue weighted by molar-refractivity contribution is 6.13. The Balaban J connectivity index is 2.11. The van der Waals surface area contributed by atoms with Crippen LogP contribution in [0.5, 0.6) is 0 Å². The monoisotopic (exact) mass is 273 g/mol. The minimum absolute atomic E-state index is 0.832. The number of aromatic nitrogens is 3. The third kappa shape index (κ3) is 1.89. The van der Waals surface area contributed by atoms with Gasteiger partial charge in [0.2, 0.25) is 0 Å². The van der Waals surface area contributed by atoms with Gasteiger partial charge in [-0.05, 0) is 34.5 Å². The first-order chi connectivity index (χ1) is 10.4. The van der Waals surface area contributed by atoms with Crippen molar-refractivity contribution in [3.05, 3.63) is 60.8 Å². The van der Waals surface area contributed by atoms with E-state index in [9.17, 15) is 0 Å². The van der Waals surface area contributed by atoms with Crippen molar-refractivity contribution in [2.75, 3.05) is 0 Å². The fourth-order valence-electron chi connectivity index (χ4n) is 2.84. The van der Waals surface area contributed by atoms with Gasteiger partial charge in [0.25, 0.3) is 0 Å². The zero-order chi connectivity index (χ0) is 14.2. The molecule has 0 atom stereocenters. The van der Waals surface area contributed by atoms with Crippen LogP contribution in [0, 0.1) is 0 Å². The molecule has 0 aliphatic rings. The zero-order valence-electron chi connectivity index (χ0n) is 11.8. The zero-order valence-corrected chi connectivity index (χ0v) is 11.8. The molecule has 3 heteroatoms. The maximum atomic E-state index is 4.33. The molecular formula is C18H15N3. The van der Waals surface area contributed by atoms with Gasteiger partial charge in [0.1, 0.15) is 5.69 Å². The summed E-state index contributed by atoms with van der Waals surface area (Å²) in [7, 11) is 0. The number of hydrogen-bond acceptors (Lipinski definition) is 2. The highest BCUT2D eigenvalue weighted by atomic mass is 15.4. The van der Waals surface area contributed by atoms with E-state index in [0.29, 0.717) is 0 Å². The molecule has 21 heavy (non-hydrogen) atoms. The molecule has 0 saturated heterocycles. The lowest BCUT2D eigenvalue weighted by atomic mass is 9.96. The van der Waals surface area contributed by atoms with E-state index in [1.165, 1.54) is 21.5 Å². The fourth-order valence-corrected chi connectivity index (χ4v) is 2.84.